The van der Waals surface area contributed by atoms with Crippen LogP contribution < -0.4 is 9.46 Å². The van der Waals surface area contributed by atoms with Crippen molar-refractivity contribution in [3.63, 3.8) is 0 Å². The summed E-state index contributed by atoms with van der Waals surface area (Å²) in [6.07, 6.45) is 0. The lowest BCUT2D eigenvalue weighted by molar-refractivity contribution is 0.181. The van der Waals surface area contributed by atoms with Gasteiger partial charge in [-0.1, -0.05) is 0 Å². The molecule has 1 heterocycles. The predicted molar refractivity (Wildman–Crippen MR) is 91.9 cm³/mol. The lowest BCUT2D eigenvalue weighted by atomic mass is 10.2. The van der Waals surface area contributed by atoms with E-state index >= 15 is 0 Å². The van der Waals surface area contributed by atoms with Crippen molar-refractivity contribution in [1.29, 1.82) is 0 Å². The number of sulfonamides is 1. The molecule has 0 saturated carbocycles. The Balaban J connectivity index is 2.38. The summed E-state index contributed by atoms with van der Waals surface area (Å²) in [4.78, 5) is 0. The number of nitrogens with one attached hydrogen (secondary N) is 1. The molecule has 0 aliphatic rings. The van der Waals surface area contributed by atoms with Gasteiger partial charge in [0.2, 0.25) is 0 Å². The molecule has 0 unspecified atom stereocenters. The minimum absolute atomic E-state index is 0.0646. The van der Waals surface area contributed by atoms with E-state index in [2.05, 4.69) is 9.82 Å². The van der Waals surface area contributed by atoms with Gasteiger partial charge in [0.05, 0.1) is 19.4 Å². The van der Waals surface area contributed by atoms with E-state index in [-0.39, 0.29) is 11.1 Å². The molecule has 0 radical (unpaired) electrons. The summed E-state index contributed by atoms with van der Waals surface area (Å²) in [6.45, 7) is 5.86. The zero-order valence-corrected chi connectivity index (χ0v) is 15.3. The van der Waals surface area contributed by atoms with Gasteiger partial charge < -0.3 is 9.47 Å². The lowest BCUT2D eigenvalue weighted by Gasteiger charge is -2.14. The second-order valence-corrected chi connectivity index (χ2v) is 7.36. The predicted octanol–water partition coefficient (Wildman–Crippen LogP) is 2.73. The first kappa shape index (κ1) is 18.3. The number of hydrogen-bond donors (Lipinski definition) is 1. The summed E-state index contributed by atoms with van der Waals surface area (Å²) in [7, 11) is -0.623. The lowest BCUT2D eigenvalue weighted by Crippen LogP contribution is -2.19. The first-order valence-corrected chi connectivity index (χ1v) is 9.01. The van der Waals surface area contributed by atoms with Crippen molar-refractivity contribution in [2.75, 3.05) is 18.9 Å². The molecule has 1 N–H and O–H groups in total. The minimum atomic E-state index is -3.75. The standard InChI is InChI=1S/C16H23N3O4S/c1-11(2)19-16(8-12(3)17-19)24(20,21)18-14-6-7-15(23-5)13(9-14)10-22-4/h6-9,11,18H,10H2,1-5H3. The van der Waals surface area contributed by atoms with Crippen LogP contribution in [0, 0.1) is 6.92 Å². The highest BCUT2D eigenvalue weighted by molar-refractivity contribution is 7.92. The van der Waals surface area contributed by atoms with Gasteiger partial charge in [-0.2, -0.15) is 13.5 Å². The Bertz CT molecular complexity index is 813. The Hall–Kier alpha value is -2.06. The molecule has 1 aromatic heterocycles. The molecule has 0 atom stereocenters. The largest absolute Gasteiger partial charge is 0.496 e. The van der Waals surface area contributed by atoms with Gasteiger partial charge in [0.25, 0.3) is 10.0 Å². The van der Waals surface area contributed by atoms with E-state index in [0.29, 0.717) is 23.7 Å². The molecule has 8 heteroatoms. The van der Waals surface area contributed by atoms with Crippen molar-refractivity contribution in [1.82, 2.24) is 9.78 Å². The Morgan fingerprint density at radius 1 is 1.25 bits per heavy atom. The van der Waals surface area contributed by atoms with Gasteiger partial charge >= 0.3 is 0 Å². The first-order valence-electron chi connectivity index (χ1n) is 7.53. The highest BCUT2D eigenvalue weighted by Crippen LogP contribution is 2.26. The molecule has 0 aliphatic carbocycles. The number of aryl methyl sites for hydroxylation is 1. The fourth-order valence-electron chi connectivity index (χ4n) is 2.38. The molecule has 0 aliphatic heterocycles. The molecule has 7 nitrogen and oxygen atoms in total. The zero-order valence-electron chi connectivity index (χ0n) is 14.5. The Morgan fingerprint density at radius 3 is 2.54 bits per heavy atom. The van der Waals surface area contributed by atoms with Crippen LogP contribution in [0.4, 0.5) is 5.69 Å². The van der Waals surface area contributed by atoms with Crippen LogP contribution in [0.3, 0.4) is 0 Å². The van der Waals surface area contributed by atoms with E-state index in [0.717, 1.165) is 5.56 Å². The third-order valence-corrected chi connectivity index (χ3v) is 4.78. The quantitative estimate of drug-likeness (QED) is 0.827. The molecule has 132 valence electrons. The molecular weight excluding hydrogens is 330 g/mol. The Kier molecular flexibility index (Phi) is 5.51. The maximum absolute atomic E-state index is 12.7. The second kappa shape index (κ2) is 7.23. The highest BCUT2D eigenvalue weighted by atomic mass is 32.2. The molecule has 2 rings (SSSR count). The van der Waals surface area contributed by atoms with Gasteiger partial charge in [-0.15, -0.1) is 0 Å². The third-order valence-electron chi connectivity index (χ3n) is 3.42. The van der Waals surface area contributed by atoms with E-state index in [1.807, 2.05) is 13.8 Å². The van der Waals surface area contributed by atoms with Crippen LogP contribution in [0.1, 0.15) is 31.1 Å². The van der Waals surface area contributed by atoms with Crippen molar-refractivity contribution >= 4 is 15.7 Å². The van der Waals surface area contributed by atoms with Crippen LogP contribution in [0.2, 0.25) is 0 Å². The fraction of sp³-hybridized carbons (Fsp3) is 0.438. The molecule has 2 aromatic rings. The Morgan fingerprint density at radius 2 is 1.96 bits per heavy atom. The van der Waals surface area contributed by atoms with E-state index in [4.69, 9.17) is 9.47 Å². The van der Waals surface area contributed by atoms with E-state index in [1.54, 1.807) is 45.4 Å². The molecule has 0 saturated heterocycles. The normalized spacial score (nSPS) is 11.8. The van der Waals surface area contributed by atoms with Crippen LogP contribution in [-0.4, -0.2) is 32.4 Å². The van der Waals surface area contributed by atoms with E-state index in [9.17, 15) is 8.42 Å². The monoisotopic (exact) mass is 353 g/mol. The maximum Gasteiger partial charge on any atom is 0.279 e. The number of anilines is 1. The first-order chi connectivity index (χ1) is 11.3. The van der Waals surface area contributed by atoms with Gasteiger partial charge in [0, 0.05) is 24.4 Å². The molecule has 0 fully saturated rings. The number of ether oxygens (including phenoxy) is 2. The number of methoxy groups -OCH3 is 2. The smallest absolute Gasteiger partial charge is 0.279 e. The van der Waals surface area contributed by atoms with Crippen LogP contribution in [0.5, 0.6) is 5.75 Å². The topological polar surface area (TPSA) is 82.5 Å². The SMILES string of the molecule is COCc1cc(NS(=O)(=O)c2cc(C)nn2C(C)C)ccc1OC. The molecular formula is C16H23N3O4S. The van der Waals surface area contributed by atoms with Crippen LogP contribution in [0.15, 0.2) is 29.3 Å². The summed E-state index contributed by atoms with van der Waals surface area (Å²) in [6, 6.07) is 6.55. The van der Waals surface area contributed by atoms with Crippen molar-refractivity contribution in [3.05, 3.63) is 35.5 Å². The van der Waals surface area contributed by atoms with Crippen molar-refractivity contribution in [2.24, 2.45) is 0 Å². The third kappa shape index (κ3) is 3.88. The zero-order chi connectivity index (χ0) is 17.9. The summed E-state index contributed by atoms with van der Waals surface area (Å²) >= 11 is 0. The summed E-state index contributed by atoms with van der Waals surface area (Å²) < 4.78 is 39.9. The maximum atomic E-state index is 12.7. The van der Waals surface area contributed by atoms with E-state index < -0.39 is 10.0 Å². The number of benzene rings is 1. The minimum Gasteiger partial charge on any atom is -0.496 e. The molecule has 0 amide bonds. The molecule has 0 bridgehead atoms. The summed E-state index contributed by atoms with van der Waals surface area (Å²) in [5.41, 5.74) is 1.85. The number of rotatable bonds is 7. The van der Waals surface area contributed by atoms with Crippen LogP contribution in [0.25, 0.3) is 0 Å². The van der Waals surface area contributed by atoms with Crippen molar-refractivity contribution < 1.29 is 17.9 Å². The van der Waals surface area contributed by atoms with Gasteiger partial charge in [-0.25, -0.2) is 4.68 Å². The average molecular weight is 353 g/mol. The number of nitrogens with zero attached hydrogens (tertiary/aromatic N) is 2. The van der Waals surface area contributed by atoms with Crippen molar-refractivity contribution in [2.45, 2.75) is 38.4 Å². The molecule has 24 heavy (non-hydrogen) atoms. The van der Waals surface area contributed by atoms with Gasteiger partial charge in [0.15, 0.2) is 5.03 Å². The number of aromatic nitrogens is 2. The molecule has 0 spiro atoms. The van der Waals surface area contributed by atoms with E-state index in [1.165, 1.54) is 4.68 Å². The van der Waals surface area contributed by atoms with Gasteiger partial charge in [0.1, 0.15) is 5.75 Å². The van der Waals surface area contributed by atoms with Crippen molar-refractivity contribution in [3.8, 4) is 5.75 Å². The van der Waals surface area contributed by atoms with Gasteiger partial charge in [-0.3, -0.25) is 4.72 Å². The average Bonchev–Trinajstić information content (AvgIpc) is 2.91. The highest BCUT2D eigenvalue weighted by Gasteiger charge is 2.22. The van der Waals surface area contributed by atoms with Gasteiger partial charge in [-0.05, 0) is 45.0 Å². The second-order valence-electron chi connectivity index (χ2n) is 5.73. The van der Waals surface area contributed by atoms with Crippen LogP contribution >= 0.6 is 0 Å². The number of hydrogen-bond acceptors (Lipinski definition) is 5. The Labute approximate surface area is 142 Å². The summed E-state index contributed by atoms with van der Waals surface area (Å²) in [5.74, 6) is 0.642. The van der Waals surface area contributed by atoms with Crippen LogP contribution in [-0.2, 0) is 21.4 Å². The molecule has 1 aromatic carbocycles. The fourth-order valence-corrected chi connectivity index (χ4v) is 3.75. The summed E-state index contributed by atoms with van der Waals surface area (Å²) in [5, 5.41) is 4.39.